The molecule has 44 heavy (non-hydrogen) atoms. The minimum atomic E-state index is 0.682. The summed E-state index contributed by atoms with van der Waals surface area (Å²) in [4.78, 5) is 10.8. The summed E-state index contributed by atoms with van der Waals surface area (Å²) in [6.07, 6.45) is 0. The standard InChI is InChI=1S/C40H23N3S/c1-3-14-26-24(12-1)25-13-2-4-15-27(25)39-37(26)29-17-6-9-21-33(29)43(39)40-41-32-20-8-5-16-28(32)38(42-40)31-19-11-23-35-36(31)30-18-7-10-22-34(30)44-35/h1-23H. The minimum absolute atomic E-state index is 0.682. The van der Waals surface area contributed by atoms with Gasteiger partial charge >= 0.3 is 0 Å². The molecule has 0 aliphatic rings. The van der Waals surface area contributed by atoms with Crippen LogP contribution in [-0.2, 0) is 0 Å². The number of rotatable bonds is 2. The van der Waals surface area contributed by atoms with Gasteiger partial charge in [-0.1, -0.05) is 115 Å². The summed E-state index contributed by atoms with van der Waals surface area (Å²) >= 11 is 1.84. The fourth-order valence-corrected chi connectivity index (χ4v) is 8.31. The highest BCUT2D eigenvalue weighted by Gasteiger charge is 2.22. The van der Waals surface area contributed by atoms with Crippen LogP contribution in [-0.4, -0.2) is 14.5 Å². The van der Waals surface area contributed by atoms with E-state index in [4.69, 9.17) is 9.97 Å². The number of benzene rings is 7. The molecule has 0 bridgehead atoms. The minimum Gasteiger partial charge on any atom is -0.277 e. The zero-order valence-corrected chi connectivity index (χ0v) is 24.3. The molecule has 4 heteroatoms. The van der Waals surface area contributed by atoms with Gasteiger partial charge in [0.15, 0.2) is 0 Å². The molecule has 3 nitrogen and oxygen atoms in total. The van der Waals surface area contributed by atoms with Crippen LogP contribution < -0.4 is 0 Å². The van der Waals surface area contributed by atoms with Gasteiger partial charge in [0.25, 0.3) is 0 Å². The molecule has 0 fully saturated rings. The zero-order chi connectivity index (χ0) is 28.8. The van der Waals surface area contributed by atoms with Crippen molar-refractivity contribution < 1.29 is 0 Å². The van der Waals surface area contributed by atoms with Crippen molar-refractivity contribution in [3.05, 3.63) is 140 Å². The Balaban J connectivity index is 1.40. The van der Waals surface area contributed by atoms with Gasteiger partial charge in [0.05, 0.1) is 22.2 Å². The van der Waals surface area contributed by atoms with E-state index >= 15 is 0 Å². The third kappa shape index (κ3) is 3.20. The van der Waals surface area contributed by atoms with Crippen LogP contribution in [0.1, 0.15) is 0 Å². The van der Waals surface area contributed by atoms with Crippen molar-refractivity contribution in [3.8, 4) is 17.2 Å². The Kier molecular flexibility index (Phi) is 4.87. The first kappa shape index (κ1) is 23.9. The second kappa shape index (κ2) is 8.96. The van der Waals surface area contributed by atoms with Crippen molar-refractivity contribution in [1.29, 1.82) is 0 Å². The summed E-state index contributed by atoms with van der Waals surface area (Å²) in [5.74, 6) is 0.682. The van der Waals surface area contributed by atoms with Crippen LogP contribution >= 0.6 is 11.3 Å². The van der Waals surface area contributed by atoms with Crippen LogP contribution in [0.3, 0.4) is 0 Å². The summed E-state index contributed by atoms with van der Waals surface area (Å²) < 4.78 is 4.85. The van der Waals surface area contributed by atoms with Gasteiger partial charge in [0.2, 0.25) is 5.95 Å². The second-order valence-corrected chi connectivity index (χ2v) is 12.4. The molecule has 3 aromatic heterocycles. The summed E-state index contributed by atoms with van der Waals surface area (Å²) in [5, 5.41) is 10.9. The molecule has 0 spiro atoms. The van der Waals surface area contributed by atoms with E-state index in [-0.39, 0.29) is 0 Å². The van der Waals surface area contributed by atoms with E-state index in [1.54, 1.807) is 0 Å². The number of para-hydroxylation sites is 2. The molecule has 0 N–H and O–H groups in total. The fourth-order valence-electron chi connectivity index (χ4n) is 7.18. The zero-order valence-electron chi connectivity index (χ0n) is 23.5. The average molecular weight is 578 g/mol. The van der Waals surface area contributed by atoms with Crippen LogP contribution in [0.15, 0.2) is 140 Å². The summed E-state index contributed by atoms with van der Waals surface area (Å²) in [6.45, 7) is 0. The van der Waals surface area contributed by atoms with Gasteiger partial charge in [-0.25, -0.2) is 9.97 Å². The molecule has 3 heterocycles. The molecule has 0 aliphatic heterocycles. The Labute approximate surface area is 256 Å². The van der Waals surface area contributed by atoms with E-state index in [1.807, 2.05) is 11.3 Å². The van der Waals surface area contributed by atoms with Crippen LogP contribution in [0.5, 0.6) is 0 Å². The lowest BCUT2D eigenvalue weighted by atomic mass is 9.97. The van der Waals surface area contributed by atoms with E-state index in [2.05, 4.69) is 144 Å². The van der Waals surface area contributed by atoms with Gasteiger partial charge in [-0.3, -0.25) is 4.57 Å². The molecule has 0 unspecified atom stereocenters. The number of hydrogen-bond donors (Lipinski definition) is 0. The van der Waals surface area contributed by atoms with Crippen molar-refractivity contribution >= 4 is 85.8 Å². The first-order valence-corrected chi connectivity index (χ1v) is 15.7. The Morgan fingerprint density at radius 3 is 1.89 bits per heavy atom. The normalized spacial score (nSPS) is 12.1. The van der Waals surface area contributed by atoms with Gasteiger partial charge in [-0.15, -0.1) is 11.3 Å². The highest BCUT2D eigenvalue weighted by molar-refractivity contribution is 7.25. The van der Waals surface area contributed by atoms with E-state index in [1.165, 1.54) is 52.5 Å². The molecule has 0 atom stereocenters. The van der Waals surface area contributed by atoms with Gasteiger partial charge in [-0.2, -0.15) is 0 Å². The molecular weight excluding hydrogens is 555 g/mol. The van der Waals surface area contributed by atoms with Gasteiger partial charge < -0.3 is 0 Å². The largest absolute Gasteiger partial charge is 0.277 e. The van der Waals surface area contributed by atoms with Crippen LogP contribution in [0.2, 0.25) is 0 Å². The maximum atomic E-state index is 5.49. The Hall–Kier alpha value is -5.58. The van der Waals surface area contributed by atoms with Crippen LogP contribution in [0, 0.1) is 0 Å². The van der Waals surface area contributed by atoms with Gasteiger partial charge in [0, 0.05) is 47.3 Å². The monoisotopic (exact) mass is 577 g/mol. The number of thiophene rings is 1. The maximum Gasteiger partial charge on any atom is 0.235 e. The maximum absolute atomic E-state index is 5.49. The third-order valence-corrected chi connectivity index (χ3v) is 10.1. The lowest BCUT2D eigenvalue weighted by Gasteiger charge is -2.14. The molecule has 204 valence electrons. The van der Waals surface area contributed by atoms with Crippen molar-refractivity contribution in [3.63, 3.8) is 0 Å². The predicted octanol–water partition coefficient (Wildman–Crippen LogP) is 11.1. The van der Waals surface area contributed by atoms with E-state index in [0.717, 1.165) is 33.2 Å². The Morgan fingerprint density at radius 1 is 0.432 bits per heavy atom. The van der Waals surface area contributed by atoms with Crippen LogP contribution in [0.25, 0.3) is 91.6 Å². The number of aromatic nitrogens is 3. The van der Waals surface area contributed by atoms with E-state index < -0.39 is 0 Å². The number of hydrogen-bond acceptors (Lipinski definition) is 3. The summed E-state index contributed by atoms with van der Waals surface area (Å²) in [5.41, 5.74) is 5.26. The summed E-state index contributed by atoms with van der Waals surface area (Å²) in [6, 6.07) is 49.8. The molecule has 7 aromatic carbocycles. The average Bonchev–Trinajstić information content (AvgIpc) is 3.65. The predicted molar refractivity (Wildman–Crippen MR) is 187 cm³/mol. The lowest BCUT2D eigenvalue weighted by Crippen LogP contribution is -2.04. The lowest BCUT2D eigenvalue weighted by molar-refractivity contribution is 1.02. The van der Waals surface area contributed by atoms with Gasteiger partial charge in [0.1, 0.15) is 0 Å². The highest BCUT2D eigenvalue weighted by Crippen LogP contribution is 2.44. The molecule has 10 rings (SSSR count). The third-order valence-electron chi connectivity index (χ3n) is 8.99. The molecule has 0 amide bonds. The topological polar surface area (TPSA) is 30.7 Å². The Morgan fingerprint density at radius 2 is 1.05 bits per heavy atom. The molecular formula is C40H23N3S. The van der Waals surface area contributed by atoms with Crippen molar-refractivity contribution in [2.24, 2.45) is 0 Å². The highest BCUT2D eigenvalue weighted by atomic mass is 32.1. The fraction of sp³-hybridized carbons (Fsp3) is 0. The summed E-state index contributed by atoms with van der Waals surface area (Å²) in [7, 11) is 0. The van der Waals surface area contributed by atoms with Gasteiger partial charge in [-0.05, 0) is 40.4 Å². The van der Waals surface area contributed by atoms with Crippen molar-refractivity contribution in [2.45, 2.75) is 0 Å². The van der Waals surface area contributed by atoms with E-state index in [9.17, 15) is 0 Å². The van der Waals surface area contributed by atoms with Crippen LogP contribution in [0.4, 0.5) is 0 Å². The second-order valence-electron chi connectivity index (χ2n) is 11.3. The van der Waals surface area contributed by atoms with Crippen molar-refractivity contribution in [1.82, 2.24) is 14.5 Å². The molecule has 0 saturated carbocycles. The van der Waals surface area contributed by atoms with Crippen molar-refractivity contribution in [2.75, 3.05) is 0 Å². The SMILES string of the molecule is c1ccc2c(-c3cccc4sc5ccccc5c34)nc(-n3c4ccccc4c4c5ccccc5c5ccccc5c43)nc2c1. The number of fused-ring (bicyclic) bond motifs is 12. The molecule has 10 aromatic rings. The van der Waals surface area contributed by atoms with E-state index in [0.29, 0.717) is 5.95 Å². The molecule has 0 radical (unpaired) electrons. The first-order valence-electron chi connectivity index (χ1n) is 14.9. The number of nitrogens with zero attached hydrogens (tertiary/aromatic N) is 3. The quantitative estimate of drug-likeness (QED) is 0.191. The molecule has 0 aliphatic carbocycles. The Bertz CT molecular complexity index is 2790. The first-order chi connectivity index (χ1) is 21.8. The smallest absolute Gasteiger partial charge is 0.235 e. The molecule has 0 saturated heterocycles.